The lowest BCUT2D eigenvalue weighted by atomic mass is 10.1. The molecule has 2 rings (SSSR count). The molecule has 0 N–H and O–H groups in total. The highest BCUT2D eigenvalue weighted by Gasteiger charge is 2.66. The van der Waals surface area contributed by atoms with Crippen molar-refractivity contribution >= 4 is 29.5 Å². The molecule has 2 aliphatic heterocycles. The van der Waals surface area contributed by atoms with Gasteiger partial charge in [-0.3, -0.25) is 14.4 Å². The Balaban J connectivity index is 2.35. The van der Waals surface area contributed by atoms with E-state index in [0.29, 0.717) is 5.75 Å². The van der Waals surface area contributed by atoms with Gasteiger partial charge in [-0.2, -0.15) is 0 Å². The fourth-order valence-corrected chi connectivity index (χ4v) is 3.56. The summed E-state index contributed by atoms with van der Waals surface area (Å²) in [6.45, 7) is 0. The number of carbonyl (C=O) groups excluding carboxylic acids is 3. The van der Waals surface area contributed by atoms with Crippen LogP contribution in [0.25, 0.3) is 0 Å². The number of nitrogens with zero attached hydrogens (tertiary/aromatic N) is 2. The number of esters is 1. The Morgan fingerprint density at radius 2 is 1.88 bits per heavy atom. The molecular formula is C9H12N2O4S. The number of methoxy groups -OCH3 is 1. The van der Waals surface area contributed by atoms with Gasteiger partial charge in [-0.25, -0.2) is 0 Å². The van der Waals surface area contributed by atoms with Gasteiger partial charge in [0.2, 0.25) is 0 Å². The van der Waals surface area contributed by atoms with E-state index in [1.54, 1.807) is 0 Å². The summed E-state index contributed by atoms with van der Waals surface area (Å²) in [5, 5.41) is 0. The van der Waals surface area contributed by atoms with Crippen LogP contribution in [0.2, 0.25) is 0 Å². The van der Waals surface area contributed by atoms with Crippen LogP contribution < -0.4 is 0 Å². The van der Waals surface area contributed by atoms with Gasteiger partial charge in [0.15, 0.2) is 4.99 Å². The molecule has 0 bridgehead atoms. The van der Waals surface area contributed by atoms with Crippen LogP contribution in [-0.4, -0.2) is 59.5 Å². The second-order valence-electron chi connectivity index (χ2n) is 3.77. The second kappa shape index (κ2) is 3.38. The van der Waals surface area contributed by atoms with E-state index >= 15 is 0 Å². The zero-order valence-electron chi connectivity index (χ0n) is 9.22. The van der Waals surface area contributed by atoms with E-state index in [9.17, 15) is 14.4 Å². The Kier molecular flexibility index (Phi) is 2.37. The first-order chi connectivity index (χ1) is 7.46. The Labute approximate surface area is 96.9 Å². The highest BCUT2D eigenvalue weighted by molar-refractivity contribution is 8.02. The highest BCUT2D eigenvalue weighted by Crippen LogP contribution is 2.52. The first-order valence-electron chi connectivity index (χ1n) is 4.74. The summed E-state index contributed by atoms with van der Waals surface area (Å²) in [6, 6.07) is 0. The van der Waals surface area contributed by atoms with Crippen molar-refractivity contribution in [2.75, 3.05) is 27.0 Å². The number of likely N-dealkylation sites (N-methyl/N-ethyl adjacent to an activating group) is 2. The summed E-state index contributed by atoms with van der Waals surface area (Å²) in [5.74, 6) is -1.46. The van der Waals surface area contributed by atoms with Gasteiger partial charge in [-0.1, -0.05) is 0 Å². The molecule has 0 aromatic carbocycles. The van der Waals surface area contributed by atoms with Gasteiger partial charge in [0.1, 0.15) is 5.92 Å². The number of hydrogen-bond acceptors (Lipinski definition) is 5. The predicted octanol–water partition coefficient (Wildman–Crippen LogP) is -0.893. The van der Waals surface area contributed by atoms with Crippen molar-refractivity contribution in [2.24, 2.45) is 5.92 Å². The SMILES string of the molecule is COC(=O)[C@@H]1CSC12N(C)C(=O)C(=O)N2C. The van der Waals surface area contributed by atoms with Crippen molar-refractivity contribution in [2.45, 2.75) is 4.99 Å². The lowest BCUT2D eigenvalue weighted by molar-refractivity contribution is -0.151. The molecule has 0 aromatic heterocycles. The van der Waals surface area contributed by atoms with Crippen LogP contribution in [0.4, 0.5) is 0 Å². The first kappa shape index (κ1) is 11.3. The van der Waals surface area contributed by atoms with Crippen molar-refractivity contribution < 1.29 is 19.1 Å². The molecule has 0 unspecified atom stereocenters. The molecule has 16 heavy (non-hydrogen) atoms. The standard InChI is InChI=1S/C9H12N2O4S/c1-10-6(12)7(13)11(2)9(10)5(4-16-9)8(14)15-3/h5H,4H2,1-3H3/t5-/m0/s1. The summed E-state index contributed by atoms with van der Waals surface area (Å²) < 4.78 is 4.68. The van der Waals surface area contributed by atoms with Gasteiger partial charge in [0.05, 0.1) is 7.11 Å². The minimum absolute atomic E-state index is 0.389. The van der Waals surface area contributed by atoms with Crippen molar-refractivity contribution in [3.63, 3.8) is 0 Å². The van der Waals surface area contributed by atoms with E-state index in [0.717, 1.165) is 0 Å². The third-order valence-corrected chi connectivity index (χ3v) is 4.91. The summed E-state index contributed by atoms with van der Waals surface area (Å²) in [4.78, 5) is 36.4. The number of carbonyl (C=O) groups is 3. The monoisotopic (exact) mass is 244 g/mol. The Hall–Kier alpha value is -1.24. The molecule has 1 spiro atoms. The average Bonchev–Trinajstić information content (AvgIpc) is 2.41. The fraction of sp³-hybridized carbons (Fsp3) is 0.667. The molecule has 0 aliphatic carbocycles. The quantitative estimate of drug-likeness (QED) is 0.442. The molecule has 2 fully saturated rings. The number of amides is 2. The molecule has 7 heteroatoms. The van der Waals surface area contributed by atoms with Crippen LogP contribution in [0.1, 0.15) is 0 Å². The normalized spacial score (nSPS) is 27.3. The van der Waals surface area contributed by atoms with E-state index in [1.165, 1.54) is 42.8 Å². The van der Waals surface area contributed by atoms with Gasteiger partial charge in [0.25, 0.3) is 0 Å². The minimum Gasteiger partial charge on any atom is -0.469 e. The number of hydrogen-bond donors (Lipinski definition) is 0. The smallest absolute Gasteiger partial charge is 0.314 e. The van der Waals surface area contributed by atoms with Crippen molar-refractivity contribution in [3.8, 4) is 0 Å². The number of rotatable bonds is 1. The molecule has 2 heterocycles. The van der Waals surface area contributed by atoms with Gasteiger partial charge >= 0.3 is 17.8 Å². The lowest BCUT2D eigenvalue weighted by Crippen LogP contribution is -2.64. The maximum atomic E-state index is 11.5. The van der Waals surface area contributed by atoms with Crippen LogP contribution in [-0.2, 0) is 19.1 Å². The summed E-state index contributed by atoms with van der Waals surface area (Å²) in [6.07, 6.45) is 0. The molecule has 0 aromatic rings. The highest BCUT2D eigenvalue weighted by atomic mass is 32.2. The third-order valence-electron chi connectivity index (χ3n) is 3.16. The Morgan fingerprint density at radius 1 is 1.38 bits per heavy atom. The minimum atomic E-state index is -0.874. The molecule has 0 saturated carbocycles. The molecule has 1 atom stereocenters. The summed E-state index contributed by atoms with van der Waals surface area (Å²) in [7, 11) is 4.37. The molecule has 2 saturated heterocycles. The second-order valence-corrected chi connectivity index (χ2v) is 5.00. The Morgan fingerprint density at radius 3 is 2.19 bits per heavy atom. The third kappa shape index (κ3) is 1.06. The van der Waals surface area contributed by atoms with Crippen molar-refractivity contribution in [3.05, 3.63) is 0 Å². The molecule has 2 aliphatic rings. The van der Waals surface area contributed by atoms with Gasteiger partial charge in [-0.05, 0) is 0 Å². The molecule has 6 nitrogen and oxygen atoms in total. The van der Waals surface area contributed by atoms with E-state index in [2.05, 4.69) is 4.74 Å². The number of ether oxygens (including phenoxy) is 1. The van der Waals surface area contributed by atoms with Gasteiger partial charge in [0, 0.05) is 19.8 Å². The van der Waals surface area contributed by atoms with E-state index < -0.39 is 22.7 Å². The van der Waals surface area contributed by atoms with E-state index in [-0.39, 0.29) is 5.97 Å². The average molecular weight is 244 g/mol. The topological polar surface area (TPSA) is 66.9 Å². The molecule has 0 radical (unpaired) electrons. The molecule has 88 valence electrons. The summed E-state index contributed by atoms with van der Waals surface area (Å²) in [5.41, 5.74) is 0. The van der Waals surface area contributed by atoms with Crippen molar-refractivity contribution in [1.82, 2.24) is 9.80 Å². The predicted molar refractivity (Wildman–Crippen MR) is 56.2 cm³/mol. The van der Waals surface area contributed by atoms with Crippen LogP contribution in [0, 0.1) is 5.92 Å². The lowest BCUT2D eigenvalue weighted by Gasteiger charge is -2.50. The molecular weight excluding hydrogens is 232 g/mol. The van der Waals surface area contributed by atoms with E-state index in [1.807, 2.05) is 0 Å². The van der Waals surface area contributed by atoms with Crippen LogP contribution in [0.3, 0.4) is 0 Å². The van der Waals surface area contributed by atoms with Gasteiger partial charge in [-0.15, -0.1) is 11.8 Å². The fourth-order valence-electron chi connectivity index (χ4n) is 2.14. The van der Waals surface area contributed by atoms with Crippen LogP contribution >= 0.6 is 11.8 Å². The molecule has 2 amide bonds. The van der Waals surface area contributed by atoms with E-state index in [4.69, 9.17) is 0 Å². The largest absolute Gasteiger partial charge is 0.469 e. The maximum Gasteiger partial charge on any atom is 0.314 e. The van der Waals surface area contributed by atoms with Crippen molar-refractivity contribution in [1.29, 1.82) is 0 Å². The first-order valence-corrected chi connectivity index (χ1v) is 5.73. The maximum absolute atomic E-state index is 11.5. The van der Waals surface area contributed by atoms with Crippen LogP contribution in [0.15, 0.2) is 0 Å². The van der Waals surface area contributed by atoms with Gasteiger partial charge < -0.3 is 14.5 Å². The zero-order valence-corrected chi connectivity index (χ0v) is 10.0. The number of thioether (sulfide) groups is 1. The zero-order chi connectivity index (χ0) is 12.1. The Bertz CT molecular complexity index is 364. The summed E-state index contributed by atoms with van der Waals surface area (Å²) >= 11 is 1.40. The van der Waals surface area contributed by atoms with Crippen LogP contribution in [0.5, 0.6) is 0 Å².